The van der Waals surface area contributed by atoms with Crippen molar-refractivity contribution >= 4 is 5.91 Å². The molecule has 0 aliphatic carbocycles. The van der Waals surface area contributed by atoms with Crippen LogP contribution < -0.4 is 14.8 Å². The molecule has 4 heteroatoms. The van der Waals surface area contributed by atoms with Crippen molar-refractivity contribution in [1.82, 2.24) is 5.32 Å². The third-order valence-electron chi connectivity index (χ3n) is 3.63. The summed E-state index contributed by atoms with van der Waals surface area (Å²) in [5, 5.41) is 2.83. The van der Waals surface area contributed by atoms with Gasteiger partial charge in [-0.25, -0.2) is 0 Å². The number of hydrogen-bond acceptors (Lipinski definition) is 3. The molecule has 1 N–H and O–H groups in total. The fourth-order valence-electron chi connectivity index (χ4n) is 2.32. The number of hydrogen-bond donors (Lipinski definition) is 1. The SMILES string of the molecule is CC(C)c1ccccc1OCCNC(=O)[C@H](C)Oc1ccccc1. The van der Waals surface area contributed by atoms with Crippen molar-refractivity contribution in [2.75, 3.05) is 13.2 Å². The van der Waals surface area contributed by atoms with Crippen LogP contribution in [0.4, 0.5) is 0 Å². The smallest absolute Gasteiger partial charge is 0.260 e. The number of carbonyl (C=O) groups is 1. The topological polar surface area (TPSA) is 47.6 Å². The van der Waals surface area contributed by atoms with Crippen LogP contribution in [0.15, 0.2) is 54.6 Å². The molecular formula is C20H25NO3. The maximum absolute atomic E-state index is 12.0. The monoisotopic (exact) mass is 327 g/mol. The number of nitrogens with one attached hydrogen (secondary N) is 1. The highest BCUT2D eigenvalue weighted by Crippen LogP contribution is 2.25. The molecule has 2 aromatic rings. The van der Waals surface area contributed by atoms with Gasteiger partial charge in [-0.3, -0.25) is 4.79 Å². The summed E-state index contributed by atoms with van der Waals surface area (Å²) < 4.78 is 11.4. The van der Waals surface area contributed by atoms with Gasteiger partial charge in [0.1, 0.15) is 18.1 Å². The van der Waals surface area contributed by atoms with Crippen LogP contribution in [-0.2, 0) is 4.79 Å². The van der Waals surface area contributed by atoms with E-state index in [1.54, 1.807) is 6.92 Å². The van der Waals surface area contributed by atoms with E-state index in [0.29, 0.717) is 24.8 Å². The Balaban J connectivity index is 1.75. The third-order valence-corrected chi connectivity index (χ3v) is 3.63. The Morgan fingerprint density at radius 2 is 1.67 bits per heavy atom. The summed E-state index contributed by atoms with van der Waals surface area (Å²) in [6.45, 7) is 6.86. The molecule has 128 valence electrons. The summed E-state index contributed by atoms with van der Waals surface area (Å²) in [7, 11) is 0. The molecule has 2 rings (SSSR count). The molecule has 1 amide bonds. The second-order valence-electron chi connectivity index (χ2n) is 5.91. The molecule has 0 bridgehead atoms. The molecule has 0 fully saturated rings. The number of ether oxygens (including phenoxy) is 2. The number of carbonyl (C=O) groups excluding carboxylic acids is 1. The van der Waals surface area contributed by atoms with Crippen LogP contribution in [0.1, 0.15) is 32.3 Å². The quantitative estimate of drug-likeness (QED) is 0.751. The van der Waals surface area contributed by atoms with E-state index >= 15 is 0 Å². The molecule has 2 aromatic carbocycles. The van der Waals surface area contributed by atoms with Gasteiger partial charge in [0, 0.05) is 0 Å². The first-order valence-electron chi connectivity index (χ1n) is 8.29. The van der Waals surface area contributed by atoms with E-state index < -0.39 is 6.10 Å². The summed E-state index contributed by atoms with van der Waals surface area (Å²) in [4.78, 5) is 12.0. The van der Waals surface area contributed by atoms with Crippen LogP contribution in [-0.4, -0.2) is 25.2 Å². The highest BCUT2D eigenvalue weighted by Gasteiger charge is 2.14. The molecule has 24 heavy (non-hydrogen) atoms. The summed E-state index contributed by atoms with van der Waals surface area (Å²) >= 11 is 0. The highest BCUT2D eigenvalue weighted by atomic mass is 16.5. The van der Waals surface area contributed by atoms with Crippen molar-refractivity contribution in [2.45, 2.75) is 32.8 Å². The molecule has 0 saturated heterocycles. The van der Waals surface area contributed by atoms with Crippen LogP contribution >= 0.6 is 0 Å². The normalized spacial score (nSPS) is 11.8. The Kier molecular flexibility index (Phi) is 6.67. The molecule has 0 aromatic heterocycles. The van der Waals surface area contributed by atoms with Crippen molar-refractivity contribution in [1.29, 1.82) is 0 Å². The lowest BCUT2D eigenvalue weighted by atomic mass is 10.0. The summed E-state index contributed by atoms with van der Waals surface area (Å²) in [6, 6.07) is 17.3. The second-order valence-corrected chi connectivity index (χ2v) is 5.91. The Bertz CT molecular complexity index is 640. The van der Waals surface area contributed by atoms with Crippen LogP contribution in [0.25, 0.3) is 0 Å². The first-order valence-corrected chi connectivity index (χ1v) is 8.29. The maximum Gasteiger partial charge on any atom is 0.260 e. The zero-order chi connectivity index (χ0) is 17.4. The van der Waals surface area contributed by atoms with Crippen molar-refractivity contribution in [3.63, 3.8) is 0 Å². The van der Waals surface area contributed by atoms with Gasteiger partial charge in [0.25, 0.3) is 5.91 Å². The molecule has 1 atom stereocenters. The van der Waals surface area contributed by atoms with E-state index in [1.165, 1.54) is 5.56 Å². The minimum Gasteiger partial charge on any atom is -0.491 e. The molecule has 4 nitrogen and oxygen atoms in total. The molecule has 0 aliphatic rings. The van der Waals surface area contributed by atoms with E-state index in [1.807, 2.05) is 48.5 Å². The van der Waals surface area contributed by atoms with Crippen molar-refractivity contribution in [2.24, 2.45) is 0 Å². The second kappa shape index (κ2) is 8.96. The minimum absolute atomic E-state index is 0.153. The van der Waals surface area contributed by atoms with Gasteiger partial charge in [0.05, 0.1) is 6.54 Å². The highest BCUT2D eigenvalue weighted by molar-refractivity contribution is 5.80. The Morgan fingerprint density at radius 1 is 1.00 bits per heavy atom. The molecular weight excluding hydrogens is 302 g/mol. The third kappa shape index (κ3) is 5.30. The first kappa shape index (κ1) is 17.9. The maximum atomic E-state index is 12.0. The Hall–Kier alpha value is -2.49. The average Bonchev–Trinajstić information content (AvgIpc) is 2.59. The molecule has 0 saturated carbocycles. The molecule has 0 unspecified atom stereocenters. The molecule has 0 spiro atoms. The molecule has 0 aliphatic heterocycles. The van der Waals surface area contributed by atoms with Crippen LogP contribution in [0.3, 0.4) is 0 Å². The Morgan fingerprint density at radius 3 is 2.38 bits per heavy atom. The summed E-state index contributed by atoms with van der Waals surface area (Å²) in [5.74, 6) is 1.80. The van der Waals surface area contributed by atoms with Gasteiger partial charge in [0.2, 0.25) is 0 Å². The van der Waals surface area contributed by atoms with E-state index in [4.69, 9.17) is 9.47 Å². The lowest BCUT2D eigenvalue weighted by molar-refractivity contribution is -0.127. The van der Waals surface area contributed by atoms with Crippen LogP contribution in [0.5, 0.6) is 11.5 Å². The number of rotatable bonds is 8. The van der Waals surface area contributed by atoms with Gasteiger partial charge in [-0.15, -0.1) is 0 Å². The predicted octanol–water partition coefficient (Wildman–Crippen LogP) is 3.77. The minimum atomic E-state index is -0.546. The first-order chi connectivity index (χ1) is 11.6. The lowest BCUT2D eigenvalue weighted by Gasteiger charge is -2.16. The van der Waals surface area contributed by atoms with E-state index in [2.05, 4.69) is 25.2 Å². The van der Waals surface area contributed by atoms with Gasteiger partial charge in [-0.1, -0.05) is 50.2 Å². The van der Waals surface area contributed by atoms with Crippen LogP contribution in [0, 0.1) is 0 Å². The summed E-state index contributed by atoms with van der Waals surface area (Å²) in [6.07, 6.45) is -0.546. The zero-order valence-electron chi connectivity index (χ0n) is 14.5. The van der Waals surface area contributed by atoms with Crippen molar-refractivity contribution in [3.8, 4) is 11.5 Å². The van der Waals surface area contributed by atoms with E-state index in [-0.39, 0.29) is 5.91 Å². The summed E-state index contributed by atoms with van der Waals surface area (Å²) in [5.41, 5.74) is 1.17. The van der Waals surface area contributed by atoms with Gasteiger partial charge in [-0.2, -0.15) is 0 Å². The standard InChI is InChI=1S/C20H25NO3/c1-15(2)18-11-7-8-12-19(18)23-14-13-21-20(22)16(3)24-17-9-5-4-6-10-17/h4-12,15-16H,13-14H2,1-3H3,(H,21,22)/t16-/m0/s1. The zero-order valence-corrected chi connectivity index (χ0v) is 14.5. The molecule has 0 heterocycles. The van der Waals surface area contributed by atoms with Crippen molar-refractivity contribution < 1.29 is 14.3 Å². The van der Waals surface area contributed by atoms with E-state index in [0.717, 1.165) is 5.75 Å². The fourth-order valence-corrected chi connectivity index (χ4v) is 2.32. The van der Waals surface area contributed by atoms with E-state index in [9.17, 15) is 4.79 Å². The van der Waals surface area contributed by atoms with Gasteiger partial charge in [-0.05, 0) is 36.6 Å². The van der Waals surface area contributed by atoms with Crippen molar-refractivity contribution in [3.05, 3.63) is 60.2 Å². The average molecular weight is 327 g/mol. The van der Waals surface area contributed by atoms with Gasteiger partial charge >= 0.3 is 0 Å². The van der Waals surface area contributed by atoms with Crippen LogP contribution in [0.2, 0.25) is 0 Å². The largest absolute Gasteiger partial charge is 0.491 e. The van der Waals surface area contributed by atoms with Gasteiger partial charge < -0.3 is 14.8 Å². The fraction of sp³-hybridized carbons (Fsp3) is 0.350. The number of para-hydroxylation sites is 2. The Labute approximate surface area is 143 Å². The molecule has 0 radical (unpaired) electrons. The van der Waals surface area contributed by atoms with Gasteiger partial charge in [0.15, 0.2) is 6.10 Å². The number of benzene rings is 2. The lowest BCUT2D eigenvalue weighted by Crippen LogP contribution is -2.38. The predicted molar refractivity (Wildman–Crippen MR) is 95.6 cm³/mol. The number of amides is 1.